The number of ether oxygens (including phenoxy) is 2. The lowest BCUT2D eigenvalue weighted by atomic mass is 10.1. The Hall–Kier alpha value is -0.890. The van der Waals surface area contributed by atoms with Gasteiger partial charge in [0.05, 0.1) is 5.02 Å². The van der Waals surface area contributed by atoms with Gasteiger partial charge in [-0.05, 0) is 37.5 Å². The molecule has 2 N–H and O–H groups in total. The van der Waals surface area contributed by atoms with Gasteiger partial charge in [-0.3, -0.25) is 4.99 Å². The summed E-state index contributed by atoms with van der Waals surface area (Å²) >= 11 is 6.25. The Bertz CT molecular complexity index is 526. The molecule has 0 saturated carbocycles. The fraction of sp³-hybridized carbons (Fsp3) is 0.562. The van der Waals surface area contributed by atoms with Crippen molar-refractivity contribution in [3.05, 3.63) is 22.7 Å². The highest BCUT2D eigenvalue weighted by Crippen LogP contribution is 2.38. The molecule has 0 unspecified atom stereocenters. The fourth-order valence-corrected chi connectivity index (χ4v) is 2.49. The van der Waals surface area contributed by atoms with E-state index >= 15 is 0 Å². The molecule has 0 spiro atoms. The molecule has 5 nitrogen and oxygen atoms in total. The van der Waals surface area contributed by atoms with Crippen LogP contribution in [0, 0.1) is 0 Å². The predicted molar refractivity (Wildman–Crippen MR) is 106 cm³/mol. The first-order chi connectivity index (χ1) is 10.7. The third-order valence-electron chi connectivity index (χ3n) is 3.20. The van der Waals surface area contributed by atoms with Crippen molar-refractivity contribution in [3.8, 4) is 11.5 Å². The number of halogens is 2. The predicted octanol–water partition coefficient (Wildman–Crippen LogP) is 3.24. The standard InChI is InChI=1S/C16H24ClN3O2.HI/c1-3-6-19-16(18-4-2)20-7-5-12-10-13(17)15-14(11-12)21-8-9-22-15;/h10-11H,3-9H2,1-2H3,(H2,18,19,20);1H. The second-order valence-corrected chi connectivity index (χ2v) is 5.45. The van der Waals surface area contributed by atoms with Crippen LogP contribution in [-0.4, -0.2) is 38.8 Å². The van der Waals surface area contributed by atoms with Crippen molar-refractivity contribution >= 4 is 41.5 Å². The Morgan fingerprint density at radius 2 is 2.00 bits per heavy atom. The van der Waals surface area contributed by atoms with Crippen LogP contribution in [0.2, 0.25) is 5.02 Å². The molecule has 1 aliphatic rings. The summed E-state index contributed by atoms with van der Waals surface area (Å²) in [7, 11) is 0. The quantitative estimate of drug-likeness (QED) is 0.394. The van der Waals surface area contributed by atoms with Crippen molar-refractivity contribution in [2.24, 2.45) is 4.99 Å². The monoisotopic (exact) mass is 453 g/mol. The van der Waals surface area contributed by atoms with Crippen LogP contribution in [-0.2, 0) is 6.42 Å². The summed E-state index contributed by atoms with van der Waals surface area (Å²) in [4.78, 5) is 4.47. The number of aliphatic imine (C=N–C) groups is 1. The molecule has 1 aromatic rings. The first-order valence-electron chi connectivity index (χ1n) is 7.84. The van der Waals surface area contributed by atoms with Gasteiger partial charge in [0.2, 0.25) is 0 Å². The van der Waals surface area contributed by atoms with Crippen LogP contribution < -0.4 is 20.1 Å². The van der Waals surface area contributed by atoms with Gasteiger partial charge in [-0.25, -0.2) is 0 Å². The second-order valence-electron chi connectivity index (χ2n) is 5.04. The molecule has 0 amide bonds. The van der Waals surface area contributed by atoms with Crippen LogP contribution in [0.1, 0.15) is 25.8 Å². The Morgan fingerprint density at radius 3 is 2.74 bits per heavy atom. The molecule has 7 heteroatoms. The molecule has 130 valence electrons. The molecule has 0 atom stereocenters. The van der Waals surface area contributed by atoms with E-state index in [1.807, 2.05) is 12.1 Å². The number of fused-ring (bicyclic) bond motifs is 1. The van der Waals surface area contributed by atoms with Crippen LogP contribution in [0.15, 0.2) is 17.1 Å². The zero-order valence-corrected chi connectivity index (χ0v) is 16.7. The summed E-state index contributed by atoms with van der Waals surface area (Å²) in [5.74, 6) is 2.25. The Kier molecular flexibility index (Phi) is 9.47. The lowest BCUT2D eigenvalue weighted by Crippen LogP contribution is -2.38. The number of benzene rings is 1. The van der Waals surface area contributed by atoms with Crippen LogP contribution in [0.25, 0.3) is 0 Å². The average Bonchev–Trinajstić information content (AvgIpc) is 2.52. The minimum absolute atomic E-state index is 0. The molecule has 0 aliphatic carbocycles. The molecule has 1 heterocycles. The maximum Gasteiger partial charge on any atom is 0.191 e. The Labute approximate surface area is 160 Å². The second kappa shape index (κ2) is 10.8. The Balaban J connectivity index is 0.00000264. The van der Waals surface area contributed by atoms with Gasteiger partial charge < -0.3 is 20.1 Å². The van der Waals surface area contributed by atoms with E-state index in [0.717, 1.165) is 49.7 Å². The number of nitrogens with zero attached hydrogens (tertiary/aromatic N) is 1. The zero-order valence-electron chi connectivity index (χ0n) is 13.7. The first kappa shape index (κ1) is 20.2. The maximum atomic E-state index is 6.25. The van der Waals surface area contributed by atoms with E-state index in [0.29, 0.717) is 24.0 Å². The number of guanidine groups is 1. The maximum absolute atomic E-state index is 6.25. The van der Waals surface area contributed by atoms with Gasteiger partial charge in [0.25, 0.3) is 0 Å². The van der Waals surface area contributed by atoms with Crippen LogP contribution >= 0.6 is 35.6 Å². The summed E-state index contributed by atoms with van der Waals surface area (Å²) in [6.45, 7) is 7.75. The van der Waals surface area contributed by atoms with Gasteiger partial charge in [0.1, 0.15) is 13.2 Å². The molecule has 0 fully saturated rings. The van der Waals surface area contributed by atoms with Gasteiger partial charge in [0.15, 0.2) is 17.5 Å². The van der Waals surface area contributed by atoms with E-state index < -0.39 is 0 Å². The van der Waals surface area contributed by atoms with E-state index in [1.165, 1.54) is 0 Å². The highest BCUT2D eigenvalue weighted by molar-refractivity contribution is 14.0. The summed E-state index contributed by atoms with van der Waals surface area (Å²) in [5.41, 5.74) is 1.12. The third kappa shape index (κ3) is 6.25. The highest BCUT2D eigenvalue weighted by Gasteiger charge is 2.16. The van der Waals surface area contributed by atoms with Gasteiger partial charge in [0, 0.05) is 19.6 Å². The summed E-state index contributed by atoms with van der Waals surface area (Å²) < 4.78 is 11.1. The molecule has 1 aromatic carbocycles. The normalized spacial score (nSPS) is 13.3. The smallest absolute Gasteiger partial charge is 0.191 e. The summed E-state index contributed by atoms with van der Waals surface area (Å²) in [6.07, 6.45) is 1.88. The van der Waals surface area contributed by atoms with Crippen molar-refractivity contribution < 1.29 is 9.47 Å². The SMILES string of the molecule is CCCN=C(NCC)NCCc1cc(Cl)c2c(c1)OCCO2.I. The number of hydrogen-bond donors (Lipinski definition) is 2. The van der Waals surface area contributed by atoms with E-state index in [4.69, 9.17) is 21.1 Å². The van der Waals surface area contributed by atoms with Gasteiger partial charge in [-0.15, -0.1) is 24.0 Å². The molecule has 0 bridgehead atoms. The molecule has 1 aliphatic heterocycles. The van der Waals surface area contributed by atoms with Crippen LogP contribution in [0.4, 0.5) is 0 Å². The molecule has 0 aromatic heterocycles. The van der Waals surface area contributed by atoms with E-state index in [1.54, 1.807) is 0 Å². The number of nitrogens with one attached hydrogen (secondary N) is 2. The van der Waals surface area contributed by atoms with Crippen molar-refractivity contribution in [1.82, 2.24) is 10.6 Å². The molecule has 0 radical (unpaired) electrons. The molecule has 23 heavy (non-hydrogen) atoms. The minimum atomic E-state index is 0. The lowest BCUT2D eigenvalue weighted by Gasteiger charge is -2.20. The molecular formula is C16H25ClIN3O2. The topological polar surface area (TPSA) is 54.9 Å². The minimum Gasteiger partial charge on any atom is -0.486 e. The molecule has 0 saturated heterocycles. The highest BCUT2D eigenvalue weighted by atomic mass is 127. The van der Waals surface area contributed by atoms with Crippen molar-refractivity contribution in [2.45, 2.75) is 26.7 Å². The first-order valence-corrected chi connectivity index (χ1v) is 8.22. The average molecular weight is 454 g/mol. The lowest BCUT2D eigenvalue weighted by molar-refractivity contribution is 0.171. The van der Waals surface area contributed by atoms with Gasteiger partial charge >= 0.3 is 0 Å². The largest absolute Gasteiger partial charge is 0.486 e. The zero-order chi connectivity index (χ0) is 15.8. The molecular weight excluding hydrogens is 429 g/mol. The summed E-state index contributed by atoms with van der Waals surface area (Å²) in [6, 6.07) is 3.94. The van der Waals surface area contributed by atoms with E-state index in [2.05, 4.69) is 29.5 Å². The number of hydrogen-bond acceptors (Lipinski definition) is 3. The van der Waals surface area contributed by atoms with Crippen LogP contribution in [0.3, 0.4) is 0 Å². The number of rotatable bonds is 6. The fourth-order valence-electron chi connectivity index (χ4n) is 2.20. The van der Waals surface area contributed by atoms with Crippen LogP contribution in [0.5, 0.6) is 11.5 Å². The van der Waals surface area contributed by atoms with Gasteiger partial charge in [-0.1, -0.05) is 18.5 Å². The van der Waals surface area contributed by atoms with Crippen molar-refractivity contribution in [3.63, 3.8) is 0 Å². The molecule has 2 rings (SSSR count). The summed E-state index contributed by atoms with van der Waals surface area (Å²) in [5, 5.41) is 7.17. The van der Waals surface area contributed by atoms with Gasteiger partial charge in [-0.2, -0.15) is 0 Å². The Morgan fingerprint density at radius 1 is 1.22 bits per heavy atom. The third-order valence-corrected chi connectivity index (χ3v) is 3.48. The van der Waals surface area contributed by atoms with E-state index in [9.17, 15) is 0 Å². The van der Waals surface area contributed by atoms with Crippen molar-refractivity contribution in [1.29, 1.82) is 0 Å². The van der Waals surface area contributed by atoms with E-state index in [-0.39, 0.29) is 24.0 Å². The van der Waals surface area contributed by atoms with Crippen molar-refractivity contribution in [2.75, 3.05) is 32.8 Å².